The molecule has 0 spiro atoms. The highest BCUT2D eigenvalue weighted by Gasteiger charge is 2.23. The van der Waals surface area contributed by atoms with E-state index in [-0.39, 0.29) is 12.1 Å². The molecule has 164 valence electrons. The normalized spacial score (nSPS) is 15.1. The van der Waals surface area contributed by atoms with Crippen molar-refractivity contribution in [1.82, 2.24) is 15.2 Å². The first kappa shape index (κ1) is 23.7. The van der Waals surface area contributed by atoms with Gasteiger partial charge in [-0.2, -0.15) is 0 Å². The molecule has 0 atom stereocenters. The maximum absolute atomic E-state index is 11.9. The minimum Gasteiger partial charge on any atom is -0.464 e. The van der Waals surface area contributed by atoms with Gasteiger partial charge in [0.05, 0.1) is 7.11 Å². The number of methoxy groups -OCH3 is 1. The summed E-state index contributed by atoms with van der Waals surface area (Å²) in [7, 11) is 1.35. The molecule has 2 rings (SSSR count). The summed E-state index contributed by atoms with van der Waals surface area (Å²) in [6.07, 6.45) is 3.24. The van der Waals surface area contributed by atoms with E-state index >= 15 is 0 Å². The lowest BCUT2D eigenvalue weighted by Crippen LogP contribution is -2.46. The van der Waals surface area contributed by atoms with Crippen LogP contribution < -0.4 is 5.32 Å². The molecule has 0 saturated carbocycles. The number of alkyl carbamates (subject to hydrolysis) is 1. The zero-order valence-corrected chi connectivity index (χ0v) is 18.7. The lowest BCUT2D eigenvalue weighted by atomic mass is 10.0. The smallest absolute Gasteiger partial charge is 0.407 e. The van der Waals surface area contributed by atoms with Crippen molar-refractivity contribution >= 4 is 12.1 Å². The van der Waals surface area contributed by atoms with Crippen LogP contribution in [-0.2, 0) is 9.47 Å². The van der Waals surface area contributed by atoms with Gasteiger partial charge >= 0.3 is 12.1 Å². The number of pyridine rings is 1. The fraction of sp³-hybridized carbons (Fsp3) is 0.609. The van der Waals surface area contributed by atoms with Crippen LogP contribution in [0.1, 0.15) is 68.2 Å². The van der Waals surface area contributed by atoms with E-state index in [0.29, 0.717) is 11.4 Å². The molecular formula is C23H33N3O4. The molecule has 0 bridgehead atoms. The van der Waals surface area contributed by atoms with Crippen molar-refractivity contribution in [2.75, 3.05) is 26.7 Å². The predicted molar refractivity (Wildman–Crippen MR) is 115 cm³/mol. The molecule has 1 aliphatic rings. The van der Waals surface area contributed by atoms with Gasteiger partial charge in [-0.25, -0.2) is 14.6 Å². The van der Waals surface area contributed by atoms with Gasteiger partial charge in [-0.05, 0) is 71.1 Å². The fourth-order valence-electron chi connectivity index (χ4n) is 3.22. The molecule has 2 heterocycles. The summed E-state index contributed by atoms with van der Waals surface area (Å²) in [6, 6.07) is 3.82. The van der Waals surface area contributed by atoms with E-state index in [1.165, 1.54) is 7.11 Å². The average molecular weight is 416 g/mol. The number of aryl methyl sites for hydroxylation is 1. The van der Waals surface area contributed by atoms with Crippen LogP contribution in [0.3, 0.4) is 0 Å². The maximum atomic E-state index is 11.9. The Morgan fingerprint density at radius 2 is 1.97 bits per heavy atom. The van der Waals surface area contributed by atoms with Gasteiger partial charge in [-0.15, -0.1) is 0 Å². The molecule has 1 aromatic heterocycles. The van der Waals surface area contributed by atoms with Crippen LogP contribution in [0.2, 0.25) is 0 Å². The number of likely N-dealkylation sites (tertiary alicyclic amines) is 1. The maximum Gasteiger partial charge on any atom is 0.407 e. The zero-order chi connectivity index (χ0) is 22.1. The van der Waals surface area contributed by atoms with E-state index in [9.17, 15) is 9.59 Å². The monoisotopic (exact) mass is 415 g/mol. The highest BCUT2D eigenvalue weighted by molar-refractivity contribution is 5.88. The van der Waals surface area contributed by atoms with Gasteiger partial charge in [0.25, 0.3) is 0 Å². The number of carbonyl (C=O) groups is 2. The molecule has 0 radical (unpaired) electrons. The van der Waals surface area contributed by atoms with Gasteiger partial charge in [0.15, 0.2) is 5.69 Å². The van der Waals surface area contributed by atoms with Crippen LogP contribution in [0.5, 0.6) is 0 Å². The topological polar surface area (TPSA) is 80.8 Å². The van der Waals surface area contributed by atoms with Crippen LogP contribution in [0.25, 0.3) is 0 Å². The van der Waals surface area contributed by atoms with Gasteiger partial charge in [-0.1, -0.05) is 12.0 Å². The number of carbonyl (C=O) groups excluding carboxylic acids is 2. The number of hydrogen-bond acceptors (Lipinski definition) is 6. The van der Waals surface area contributed by atoms with Crippen LogP contribution in [-0.4, -0.2) is 60.3 Å². The summed E-state index contributed by atoms with van der Waals surface area (Å²) in [5.74, 6) is 5.72. The zero-order valence-electron chi connectivity index (χ0n) is 18.7. The molecule has 1 fully saturated rings. The van der Waals surface area contributed by atoms with Crippen molar-refractivity contribution in [2.45, 2.75) is 65.0 Å². The molecule has 0 unspecified atom stereocenters. The Kier molecular flexibility index (Phi) is 8.67. The van der Waals surface area contributed by atoms with E-state index < -0.39 is 11.6 Å². The first-order valence-corrected chi connectivity index (χ1v) is 10.4. The molecule has 0 aromatic carbocycles. The number of nitrogens with zero attached hydrogens (tertiary/aromatic N) is 2. The number of rotatable bonds is 5. The second-order valence-corrected chi connectivity index (χ2v) is 8.52. The summed E-state index contributed by atoms with van der Waals surface area (Å²) in [5.41, 5.74) is 1.19. The second-order valence-electron chi connectivity index (χ2n) is 8.52. The summed E-state index contributed by atoms with van der Waals surface area (Å²) < 4.78 is 10.1. The minimum absolute atomic E-state index is 0.174. The number of ether oxygens (including phenoxy) is 2. The minimum atomic E-state index is -0.471. The molecule has 1 saturated heterocycles. The molecular weight excluding hydrogens is 382 g/mol. The van der Waals surface area contributed by atoms with Crippen molar-refractivity contribution in [3.63, 3.8) is 0 Å². The van der Waals surface area contributed by atoms with E-state index in [1.807, 2.05) is 39.8 Å². The lowest BCUT2D eigenvalue weighted by molar-refractivity contribution is 0.0478. The Labute approximate surface area is 179 Å². The second kappa shape index (κ2) is 11.0. The van der Waals surface area contributed by atoms with Gasteiger partial charge in [0.2, 0.25) is 0 Å². The number of unbranched alkanes of at least 4 members (excludes halogenated alkanes) is 1. The van der Waals surface area contributed by atoms with Crippen molar-refractivity contribution in [3.8, 4) is 11.8 Å². The van der Waals surface area contributed by atoms with Crippen LogP contribution >= 0.6 is 0 Å². The Morgan fingerprint density at radius 1 is 1.27 bits per heavy atom. The highest BCUT2D eigenvalue weighted by atomic mass is 16.6. The van der Waals surface area contributed by atoms with E-state index in [1.54, 1.807) is 0 Å². The third kappa shape index (κ3) is 8.03. The molecule has 7 heteroatoms. The average Bonchev–Trinajstić information content (AvgIpc) is 2.68. The number of amides is 1. The first-order valence-electron chi connectivity index (χ1n) is 10.4. The number of aromatic nitrogens is 1. The van der Waals surface area contributed by atoms with E-state index in [4.69, 9.17) is 9.47 Å². The predicted octanol–water partition coefficient (Wildman–Crippen LogP) is 3.30. The fourth-order valence-corrected chi connectivity index (χ4v) is 3.22. The number of hydrogen-bond donors (Lipinski definition) is 1. The van der Waals surface area contributed by atoms with Gasteiger partial charge in [0.1, 0.15) is 11.3 Å². The lowest BCUT2D eigenvalue weighted by Gasteiger charge is -2.32. The Bertz CT molecular complexity index is 797. The molecule has 1 aliphatic heterocycles. The SMILES string of the molecule is COC(=O)c1nc(C#CCCCN2CCC(NC(=O)OC(C)(C)C)CC2)ccc1C. The third-order valence-corrected chi connectivity index (χ3v) is 4.78. The molecule has 0 aliphatic carbocycles. The van der Waals surface area contributed by atoms with Crippen molar-refractivity contribution < 1.29 is 19.1 Å². The molecule has 7 nitrogen and oxygen atoms in total. The molecule has 1 N–H and O–H groups in total. The van der Waals surface area contributed by atoms with Gasteiger partial charge in [-0.3, -0.25) is 0 Å². The quantitative estimate of drug-likeness (QED) is 0.452. The third-order valence-electron chi connectivity index (χ3n) is 4.78. The van der Waals surface area contributed by atoms with Crippen LogP contribution in [0, 0.1) is 18.8 Å². The van der Waals surface area contributed by atoms with Crippen LogP contribution in [0.4, 0.5) is 4.79 Å². The highest BCUT2D eigenvalue weighted by Crippen LogP contribution is 2.13. The number of piperidine rings is 1. The Morgan fingerprint density at radius 3 is 2.60 bits per heavy atom. The Balaban J connectivity index is 1.70. The van der Waals surface area contributed by atoms with Crippen molar-refractivity contribution in [1.29, 1.82) is 0 Å². The summed E-state index contributed by atoms with van der Waals surface area (Å²) in [4.78, 5) is 30.3. The summed E-state index contributed by atoms with van der Waals surface area (Å²) in [5, 5.41) is 2.96. The Hall–Kier alpha value is -2.59. The van der Waals surface area contributed by atoms with Gasteiger partial charge in [0, 0.05) is 25.6 Å². The van der Waals surface area contributed by atoms with E-state index in [0.717, 1.165) is 50.9 Å². The number of nitrogens with one attached hydrogen (secondary N) is 1. The summed E-state index contributed by atoms with van der Waals surface area (Å²) in [6.45, 7) is 10.3. The largest absolute Gasteiger partial charge is 0.464 e. The van der Waals surface area contributed by atoms with E-state index in [2.05, 4.69) is 27.0 Å². The first-order chi connectivity index (χ1) is 14.2. The number of esters is 1. The standard InChI is InChI=1S/C23H33N3O4/c1-17-10-11-18(24-20(17)21(27)29-5)9-7-6-8-14-26-15-12-19(13-16-26)25-22(28)30-23(2,3)4/h10-11,19H,6,8,12-16H2,1-5H3,(H,25,28). The summed E-state index contributed by atoms with van der Waals surface area (Å²) >= 11 is 0. The van der Waals surface area contributed by atoms with Crippen molar-refractivity contribution in [2.24, 2.45) is 0 Å². The molecule has 1 amide bonds. The molecule has 30 heavy (non-hydrogen) atoms. The van der Waals surface area contributed by atoms with Gasteiger partial charge < -0.3 is 19.7 Å². The van der Waals surface area contributed by atoms with Crippen LogP contribution in [0.15, 0.2) is 12.1 Å². The molecule has 1 aromatic rings. The van der Waals surface area contributed by atoms with Crippen molar-refractivity contribution in [3.05, 3.63) is 29.1 Å².